The molecule has 3 rings (SSSR count). The maximum Gasteiger partial charge on any atom is 0.339 e. The quantitative estimate of drug-likeness (QED) is 0.456. The number of halogens is 1. The topological polar surface area (TPSA) is 119 Å². The lowest BCUT2D eigenvalue weighted by atomic mass is 10.1. The molecule has 0 aliphatic carbocycles. The van der Waals surface area contributed by atoms with Gasteiger partial charge in [0.1, 0.15) is 5.82 Å². The van der Waals surface area contributed by atoms with Crippen LogP contribution in [0.2, 0.25) is 0 Å². The van der Waals surface area contributed by atoms with Gasteiger partial charge in [-0.05, 0) is 48.5 Å². The molecule has 0 aliphatic heterocycles. The molecule has 0 atom stereocenters. The van der Waals surface area contributed by atoms with Gasteiger partial charge in [0.25, 0.3) is 5.91 Å². The predicted molar refractivity (Wildman–Crippen MR) is 131 cm³/mol. The van der Waals surface area contributed by atoms with E-state index in [4.69, 9.17) is 4.74 Å². The van der Waals surface area contributed by atoms with Crippen LogP contribution in [0.3, 0.4) is 0 Å². The highest BCUT2D eigenvalue weighted by atomic mass is 32.2. The monoisotopic (exact) mass is 514 g/mol. The van der Waals surface area contributed by atoms with Gasteiger partial charge in [0.05, 0.1) is 49.5 Å². The number of anilines is 2. The molecule has 36 heavy (non-hydrogen) atoms. The Kier molecular flexibility index (Phi) is 8.05. The lowest BCUT2D eigenvalue weighted by molar-refractivity contribution is 0.0587. The van der Waals surface area contributed by atoms with Gasteiger partial charge in [-0.25, -0.2) is 22.4 Å². The van der Waals surface area contributed by atoms with Crippen molar-refractivity contribution in [2.75, 3.05) is 30.1 Å². The van der Waals surface area contributed by atoms with Crippen molar-refractivity contribution in [2.45, 2.75) is 6.54 Å². The van der Waals surface area contributed by atoms with Crippen LogP contribution in [0.25, 0.3) is 0 Å². The lowest BCUT2D eigenvalue weighted by Crippen LogP contribution is -2.29. The minimum atomic E-state index is -3.78. The number of esters is 2. The molecule has 1 amide bonds. The molecular weight excluding hydrogens is 491 g/mol. The Bertz CT molecular complexity index is 1410. The zero-order chi connectivity index (χ0) is 26.5. The molecule has 0 aliphatic rings. The molecule has 1 N–H and O–H groups in total. The van der Waals surface area contributed by atoms with E-state index in [0.29, 0.717) is 0 Å². The molecule has 9 nitrogen and oxygen atoms in total. The highest BCUT2D eigenvalue weighted by molar-refractivity contribution is 7.92. The third-order valence-corrected chi connectivity index (χ3v) is 6.32. The van der Waals surface area contributed by atoms with E-state index in [-0.39, 0.29) is 40.2 Å². The van der Waals surface area contributed by atoms with Crippen LogP contribution in [0, 0.1) is 5.82 Å². The van der Waals surface area contributed by atoms with Crippen LogP contribution in [0.4, 0.5) is 15.8 Å². The lowest BCUT2D eigenvalue weighted by Gasteiger charge is -2.23. The van der Waals surface area contributed by atoms with Gasteiger partial charge in [0, 0.05) is 11.1 Å². The maximum atomic E-state index is 14.1. The minimum absolute atomic E-state index is 0.0169. The molecule has 0 radical (unpaired) electrons. The van der Waals surface area contributed by atoms with Crippen LogP contribution in [0.15, 0.2) is 66.7 Å². The summed E-state index contributed by atoms with van der Waals surface area (Å²) in [6.45, 7) is -0.236. The SMILES string of the molecule is COC(=O)c1ccc(C(=O)OC)c(NC(=O)c2ccc(N(Cc3ccccc3F)S(C)(=O)=O)cc2)c1. The number of carbonyl (C=O) groups is 3. The van der Waals surface area contributed by atoms with Crippen molar-refractivity contribution >= 4 is 39.2 Å². The van der Waals surface area contributed by atoms with Crippen LogP contribution in [-0.4, -0.2) is 46.7 Å². The average Bonchev–Trinajstić information content (AvgIpc) is 2.86. The van der Waals surface area contributed by atoms with E-state index in [1.54, 1.807) is 6.07 Å². The van der Waals surface area contributed by atoms with Crippen molar-refractivity contribution in [3.05, 3.63) is 94.8 Å². The van der Waals surface area contributed by atoms with Gasteiger partial charge in [-0.15, -0.1) is 0 Å². The van der Waals surface area contributed by atoms with E-state index in [9.17, 15) is 27.2 Å². The van der Waals surface area contributed by atoms with Gasteiger partial charge < -0.3 is 14.8 Å². The van der Waals surface area contributed by atoms with Crippen LogP contribution in [-0.2, 0) is 26.0 Å². The molecule has 0 spiro atoms. The van der Waals surface area contributed by atoms with Gasteiger partial charge in [-0.1, -0.05) is 18.2 Å². The third-order valence-electron chi connectivity index (χ3n) is 5.18. The molecule has 0 fully saturated rings. The first-order chi connectivity index (χ1) is 17.0. The van der Waals surface area contributed by atoms with Crippen LogP contribution < -0.4 is 9.62 Å². The normalized spacial score (nSPS) is 10.9. The number of hydrogen-bond acceptors (Lipinski definition) is 7. The second-order valence-electron chi connectivity index (χ2n) is 7.61. The largest absolute Gasteiger partial charge is 0.465 e. The summed E-state index contributed by atoms with van der Waals surface area (Å²) in [5.41, 5.74) is 0.690. The molecule has 3 aromatic carbocycles. The Morgan fingerprint density at radius 2 is 1.50 bits per heavy atom. The Hall–Kier alpha value is -4.25. The van der Waals surface area contributed by atoms with Crippen LogP contribution in [0.5, 0.6) is 0 Å². The summed E-state index contributed by atoms with van der Waals surface area (Å²) in [4.78, 5) is 36.9. The summed E-state index contributed by atoms with van der Waals surface area (Å²) in [7, 11) is -1.40. The second kappa shape index (κ2) is 11.0. The van der Waals surface area contributed by atoms with Gasteiger partial charge >= 0.3 is 11.9 Å². The molecule has 11 heteroatoms. The predicted octanol–water partition coefficient (Wildman–Crippen LogP) is 3.62. The van der Waals surface area contributed by atoms with Crippen molar-refractivity contribution in [3.8, 4) is 0 Å². The van der Waals surface area contributed by atoms with E-state index in [1.165, 1.54) is 74.9 Å². The number of methoxy groups -OCH3 is 2. The first-order valence-electron chi connectivity index (χ1n) is 10.5. The van der Waals surface area contributed by atoms with Crippen molar-refractivity contribution in [2.24, 2.45) is 0 Å². The van der Waals surface area contributed by atoms with E-state index < -0.39 is 33.7 Å². The average molecular weight is 515 g/mol. The zero-order valence-electron chi connectivity index (χ0n) is 19.6. The number of nitrogens with zero attached hydrogens (tertiary/aromatic N) is 1. The Labute approximate surface area is 207 Å². The highest BCUT2D eigenvalue weighted by Crippen LogP contribution is 2.24. The number of sulfonamides is 1. The number of carbonyl (C=O) groups excluding carboxylic acids is 3. The Balaban J connectivity index is 1.89. The molecule has 0 bridgehead atoms. The molecule has 3 aromatic rings. The van der Waals surface area contributed by atoms with E-state index in [1.807, 2.05) is 0 Å². The van der Waals surface area contributed by atoms with Crippen molar-refractivity contribution in [1.29, 1.82) is 0 Å². The molecule has 0 heterocycles. The van der Waals surface area contributed by atoms with Crippen LogP contribution >= 0.6 is 0 Å². The summed E-state index contributed by atoms with van der Waals surface area (Å²) in [6.07, 6.45) is 0.997. The minimum Gasteiger partial charge on any atom is -0.465 e. The van der Waals surface area contributed by atoms with E-state index in [0.717, 1.165) is 10.6 Å². The number of hydrogen-bond donors (Lipinski definition) is 1. The summed E-state index contributed by atoms with van der Waals surface area (Å²) in [5, 5.41) is 2.56. The zero-order valence-corrected chi connectivity index (χ0v) is 20.5. The van der Waals surface area contributed by atoms with Crippen molar-refractivity contribution in [3.63, 3.8) is 0 Å². The fourth-order valence-electron chi connectivity index (χ4n) is 3.34. The van der Waals surface area contributed by atoms with E-state index in [2.05, 4.69) is 10.1 Å². The number of rotatable bonds is 8. The molecule has 0 aromatic heterocycles. The first kappa shape index (κ1) is 26.4. The second-order valence-corrected chi connectivity index (χ2v) is 9.51. The summed E-state index contributed by atoms with van der Waals surface area (Å²) in [6, 6.07) is 15.4. The number of benzene rings is 3. The van der Waals surface area contributed by atoms with Crippen molar-refractivity contribution < 1.29 is 36.7 Å². The summed E-state index contributed by atoms with van der Waals surface area (Å²) >= 11 is 0. The first-order valence-corrected chi connectivity index (χ1v) is 12.3. The highest BCUT2D eigenvalue weighted by Gasteiger charge is 2.21. The Morgan fingerprint density at radius 1 is 0.889 bits per heavy atom. The van der Waals surface area contributed by atoms with Crippen molar-refractivity contribution in [1.82, 2.24) is 0 Å². The molecule has 0 saturated heterocycles. The smallest absolute Gasteiger partial charge is 0.339 e. The molecule has 0 unspecified atom stereocenters. The fourth-order valence-corrected chi connectivity index (χ4v) is 4.21. The van der Waals surface area contributed by atoms with E-state index >= 15 is 0 Å². The summed E-state index contributed by atoms with van der Waals surface area (Å²) in [5.74, 6) is -2.57. The van der Waals surface area contributed by atoms with Gasteiger partial charge in [0.15, 0.2) is 0 Å². The van der Waals surface area contributed by atoms with Gasteiger partial charge in [0.2, 0.25) is 10.0 Å². The fraction of sp³-hybridized carbons (Fsp3) is 0.160. The summed E-state index contributed by atoms with van der Waals surface area (Å²) < 4.78 is 49.3. The molecule has 188 valence electrons. The van der Waals surface area contributed by atoms with Crippen LogP contribution in [0.1, 0.15) is 36.6 Å². The molecular formula is C25H23FN2O7S. The molecule has 0 saturated carbocycles. The Morgan fingerprint density at radius 3 is 2.08 bits per heavy atom. The maximum absolute atomic E-state index is 14.1. The number of amides is 1. The van der Waals surface area contributed by atoms with Gasteiger partial charge in [-0.2, -0.15) is 0 Å². The van der Waals surface area contributed by atoms with Gasteiger partial charge in [-0.3, -0.25) is 9.10 Å². The number of nitrogens with one attached hydrogen (secondary N) is 1. The standard InChI is InChI=1S/C25H23FN2O7S/c1-34-24(30)17-10-13-20(25(31)35-2)22(14-17)27-23(29)16-8-11-19(12-9-16)28(36(3,32)33)15-18-6-4-5-7-21(18)26/h4-14H,15H2,1-3H3,(H,27,29). The third kappa shape index (κ3) is 6.05. The number of ether oxygens (including phenoxy) is 2.